The van der Waals surface area contributed by atoms with Crippen LogP contribution in [0.3, 0.4) is 0 Å². The minimum absolute atomic E-state index is 0.0468. The monoisotopic (exact) mass is 408 g/mol. The fourth-order valence-electron chi connectivity index (χ4n) is 3.14. The average Bonchev–Trinajstić information content (AvgIpc) is 3.26. The number of sulfonamides is 1. The van der Waals surface area contributed by atoms with E-state index in [0.29, 0.717) is 22.8 Å². The number of aromatic amines is 1. The Labute approximate surface area is 160 Å². The van der Waals surface area contributed by atoms with Crippen molar-refractivity contribution in [3.05, 3.63) is 52.5 Å². The fourth-order valence-corrected chi connectivity index (χ4v) is 4.60. The predicted octanol–water partition coefficient (Wildman–Crippen LogP) is 3.32. The molecule has 2 aromatic heterocycles. The molecule has 2 heterocycles. The van der Waals surface area contributed by atoms with Gasteiger partial charge >= 0.3 is 0 Å². The number of H-pyrrole nitrogens is 1. The van der Waals surface area contributed by atoms with Gasteiger partial charge < -0.3 is 9.40 Å². The molecule has 1 fully saturated rings. The minimum atomic E-state index is -3.95. The first-order valence-corrected chi connectivity index (χ1v) is 10.2. The lowest BCUT2D eigenvalue weighted by Gasteiger charge is -2.08. The van der Waals surface area contributed by atoms with E-state index in [9.17, 15) is 17.2 Å². The van der Waals surface area contributed by atoms with Crippen LogP contribution >= 0.6 is 0 Å². The topological polar surface area (TPSA) is 101 Å². The van der Waals surface area contributed by atoms with E-state index in [1.54, 1.807) is 13.8 Å². The van der Waals surface area contributed by atoms with Crippen LogP contribution in [0.5, 0.6) is 0 Å². The molecule has 0 atom stereocenters. The lowest BCUT2D eigenvalue weighted by atomic mass is 10.2. The first-order valence-electron chi connectivity index (χ1n) is 8.72. The van der Waals surface area contributed by atoms with Crippen LogP contribution in [0.25, 0.3) is 11.6 Å². The number of benzene rings is 1. The first kappa shape index (κ1) is 18.8. The van der Waals surface area contributed by atoms with Crippen LogP contribution < -0.4 is 4.72 Å². The normalized spacial score (nSPS) is 14.6. The van der Waals surface area contributed by atoms with Gasteiger partial charge in [-0.2, -0.15) is 0 Å². The molecular weight excluding hydrogens is 390 g/mol. The highest BCUT2D eigenvalue weighted by Gasteiger charge is 2.31. The maximum Gasteiger partial charge on any atom is 0.264 e. The molecule has 0 amide bonds. The van der Waals surface area contributed by atoms with Gasteiger partial charge in [-0.1, -0.05) is 0 Å². The van der Waals surface area contributed by atoms with Gasteiger partial charge in [-0.25, -0.2) is 21.9 Å². The summed E-state index contributed by atoms with van der Waals surface area (Å²) in [4.78, 5) is 3.04. The molecular formula is C18H18F2N4O3S. The SMILES string of the molecule is Cc1[nH]c(-c2nnc(C3CC3)o2)c(C)c1S(=O)(=O)NCc1cc(F)cc(F)c1. The van der Waals surface area contributed by atoms with Gasteiger partial charge in [0.05, 0.1) is 0 Å². The van der Waals surface area contributed by atoms with E-state index in [1.807, 2.05) is 0 Å². The van der Waals surface area contributed by atoms with Crippen molar-refractivity contribution in [1.82, 2.24) is 19.9 Å². The number of rotatable bonds is 6. The van der Waals surface area contributed by atoms with Crippen molar-refractivity contribution in [2.45, 2.75) is 44.0 Å². The van der Waals surface area contributed by atoms with E-state index < -0.39 is 21.7 Å². The number of aryl methyl sites for hydroxylation is 1. The largest absolute Gasteiger partial charge is 0.419 e. The molecule has 0 saturated heterocycles. The number of hydrogen-bond donors (Lipinski definition) is 2. The van der Waals surface area contributed by atoms with Crippen molar-refractivity contribution in [3.63, 3.8) is 0 Å². The van der Waals surface area contributed by atoms with Gasteiger partial charge in [-0.05, 0) is 49.9 Å². The van der Waals surface area contributed by atoms with Crippen LogP contribution in [0.2, 0.25) is 0 Å². The number of hydrogen-bond acceptors (Lipinski definition) is 5. The smallest absolute Gasteiger partial charge is 0.264 e. The Kier molecular flexibility index (Phi) is 4.54. The van der Waals surface area contributed by atoms with Crippen LogP contribution in [-0.2, 0) is 16.6 Å². The van der Waals surface area contributed by atoms with Crippen LogP contribution in [0, 0.1) is 25.5 Å². The summed E-state index contributed by atoms with van der Waals surface area (Å²) >= 11 is 0. The quantitative estimate of drug-likeness (QED) is 0.652. The van der Waals surface area contributed by atoms with E-state index in [0.717, 1.165) is 31.0 Å². The molecule has 0 spiro atoms. The van der Waals surface area contributed by atoms with Crippen molar-refractivity contribution in [1.29, 1.82) is 0 Å². The molecule has 148 valence electrons. The van der Waals surface area contributed by atoms with E-state index in [2.05, 4.69) is 19.9 Å². The van der Waals surface area contributed by atoms with Gasteiger partial charge in [0.25, 0.3) is 5.89 Å². The maximum atomic E-state index is 13.3. The molecule has 1 aliphatic rings. The Hall–Kier alpha value is -2.59. The van der Waals surface area contributed by atoms with Crippen molar-refractivity contribution in [3.8, 4) is 11.6 Å². The van der Waals surface area contributed by atoms with Crippen molar-refractivity contribution in [2.75, 3.05) is 0 Å². The second-order valence-corrected chi connectivity index (χ2v) is 8.60. The molecule has 0 radical (unpaired) electrons. The average molecular weight is 408 g/mol. The van der Waals surface area contributed by atoms with Gasteiger partial charge in [0.1, 0.15) is 22.2 Å². The lowest BCUT2D eigenvalue weighted by Crippen LogP contribution is -2.24. The highest BCUT2D eigenvalue weighted by Crippen LogP contribution is 2.40. The van der Waals surface area contributed by atoms with Gasteiger partial charge in [-0.15, -0.1) is 10.2 Å². The Bertz CT molecular complexity index is 1130. The number of aromatic nitrogens is 3. The Morgan fingerprint density at radius 3 is 2.50 bits per heavy atom. The third kappa shape index (κ3) is 3.57. The predicted molar refractivity (Wildman–Crippen MR) is 95.9 cm³/mol. The zero-order chi connectivity index (χ0) is 20.1. The molecule has 1 aliphatic carbocycles. The molecule has 0 unspecified atom stereocenters. The summed E-state index contributed by atoms with van der Waals surface area (Å²) in [6.45, 7) is 3.00. The van der Waals surface area contributed by atoms with E-state index in [1.165, 1.54) is 0 Å². The number of halogens is 2. The summed E-state index contributed by atoms with van der Waals surface area (Å²) in [5.74, 6) is -0.468. The molecule has 0 bridgehead atoms. The van der Waals surface area contributed by atoms with Crippen LogP contribution in [0.1, 0.15) is 41.5 Å². The highest BCUT2D eigenvalue weighted by molar-refractivity contribution is 7.89. The second kappa shape index (κ2) is 6.78. The lowest BCUT2D eigenvalue weighted by molar-refractivity contribution is 0.507. The highest BCUT2D eigenvalue weighted by atomic mass is 32.2. The number of nitrogens with zero attached hydrogens (tertiary/aromatic N) is 2. The molecule has 4 rings (SSSR count). The summed E-state index contributed by atoms with van der Waals surface area (Å²) in [5.41, 5.74) is 1.45. The van der Waals surface area contributed by atoms with Crippen molar-refractivity contribution >= 4 is 10.0 Å². The zero-order valence-corrected chi connectivity index (χ0v) is 16.0. The molecule has 28 heavy (non-hydrogen) atoms. The molecule has 1 saturated carbocycles. The molecule has 0 aliphatic heterocycles. The summed E-state index contributed by atoms with van der Waals surface area (Å²) in [6, 6.07) is 2.88. The van der Waals surface area contributed by atoms with Crippen LogP contribution in [0.15, 0.2) is 27.5 Å². The number of nitrogens with one attached hydrogen (secondary N) is 2. The summed E-state index contributed by atoms with van der Waals surface area (Å²) in [5, 5.41) is 8.03. The Balaban J connectivity index is 1.61. The summed E-state index contributed by atoms with van der Waals surface area (Å²) in [7, 11) is -3.95. The van der Waals surface area contributed by atoms with Gasteiger partial charge in [0, 0.05) is 24.2 Å². The second-order valence-electron chi connectivity index (χ2n) is 6.90. The van der Waals surface area contributed by atoms with Gasteiger partial charge in [0.15, 0.2) is 0 Å². The molecule has 2 N–H and O–H groups in total. The zero-order valence-electron chi connectivity index (χ0n) is 15.2. The van der Waals surface area contributed by atoms with Crippen LogP contribution in [0.4, 0.5) is 8.78 Å². The molecule has 1 aromatic carbocycles. The van der Waals surface area contributed by atoms with E-state index in [4.69, 9.17) is 4.42 Å². The van der Waals surface area contributed by atoms with E-state index >= 15 is 0 Å². The first-order chi connectivity index (χ1) is 13.2. The van der Waals surface area contributed by atoms with Crippen molar-refractivity contribution in [2.24, 2.45) is 0 Å². The molecule has 3 aromatic rings. The van der Waals surface area contributed by atoms with Crippen molar-refractivity contribution < 1.29 is 21.6 Å². The van der Waals surface area contributed by atoms with Gasteiger partial charge in [-0.3, -0.25) is 0 Å². The van der Waals surface area contributed by atoms with Gasteiger partial charge in [0.2, 0.25) is 15.9 Å². The van der Waals surface area contributed by atoms with Crippen LogP contribution in [-0.4, -0.2) is 23.6 Å². The van der Waals surface area contributed by atoms with E-state index in [-0.39, 0.29) is 28.8 Å². The Morgan fingerprint density at radius 2 is 1.86 bits per heavy atom. The summed E-state index contributed by atoms with van der Waals surface area (Å²) in [6.07, 6.45) is 2.02. The Morgan fingerprint density at radius 1 is 1.18 bits per heavy atom. The minimum Gasteiger partial charge on any atom is -0.419 e. The molecule has 7 nitrogen and oxygen atoms in total. The molecule has 10 heteroatoms. The third-order valence-electron chi connectivity index (χ3n) is 4.61. The maximum absolute atomic E-state index is 13.3. The fraction of sp³-hybridized carbons (Fsp3) is 0.333. The third-order valence-corrected chi connectivity index (χ3v) is 6.28. The summed E-state index contributed by atoms with van der Waals surface area (Å²) < 4.78 is 60.3. The standard InChI is InChI=1S/C18H18F2N4O3S/c1-9-15(18-24-23-17(27-18)12-3-4-12)22-10(2)16(9)28(25,26)21-8-11-5-13(19)7-14(20)6-11/h5-7,12,21-22H,3-4,8H2,1-2H3.